The molecule has 21 heavy (non-hydrogen) atoms. The van der Waals surface area contributed by atoms with Crippen molar-refractivity contribution in [3.8, 4) is 0 Å². The zero-order valence-corrected chi connectivity index (χ0v) is 12.1. The van der Waals surface area contributed by atoms with Crippen LogP contribution in [-0.4, -0.2) is 49.6 Å². The summed E-state index contributed by atoms with van der Waals surface area (Å²) >= 11 is 0. The van der Waals surface area contributed by atoms with Gasteiger partial charge in [0, 0.05) is 13.0 Å². The van der Waals surface area contributed by atoms with E-state index in [9.17, 15) is 19.2 Å². The molecule has 0 saturated carbocycles. The van der Waals surface area contributed by atoms with Gasteiger partial charge in [0.05, 0.1) is 19.1 Å². The number of carbonyl (C=O) groups excluding carboxylic acids is 4. The van der Waals surface area contributed by atoms with E-state index >= 15 is 0 Å². The third kappa shape index (κ3) is 5.05. The summed E-state index contributed by atoms with van der Waals surface area (Å²) in [6, 6.07) is -1.48. The monoisotopic (exact) mass is 300 g/mol. The Labute approximate surface area is 122 Å². The Kier molecular flexibility index (Phi) is 6.64. The highest BCUT2D eigenvalue weighted by molar-refractivity contribution is 6.02. The van der Waals surface area contributed by atoms with E-state index in [0.29, 0.717) is 6.42 Å². The molecule has 0 radical (unpaired) electrons. The summed E-state index contributed by atoms with van der Waals surface area (Å²) in [5.41, 5.74) is 0. The van der Waals surface area contributed by atoms with Crippen LogP contribution in [0.4, 0.5) is 0 Å². The second-order valence-corrected chi connectivity index (χ2v) is 4.49. The van der Waals surface area contributed by atoms with Crippen LogP contribution in [0.5, 0.6) is 0 Å². The van der Waals surface area contributed by atoms with Crippen LogP contribution in [0.3, 0.4) is 0 Å². The Bertz CT molecular complexity index is 395. The van der Waals surface area contributed by atoms with Gasteiger partial charge in [-0.25, -0.2) is 9.59 Å². The Morgan fingerprint density at radius 1 is 1.24 bits per heavy atom. The molecule has 1 fully saturated rings. The number of piperidine rings is 1. The van der Waals surface area contributed by atoms with Gasteiger partial charge >= 0.3 is 11.9 Å². The van der Waals surface area contributed by atoms with Gasteiger partial charge in [0.25, 0.3) is 0 Å². The Morgan fingerprint density at radius 3 is 2.24 bits per heavy atom. The molecule has 2 N–H and O–H groups in total. The number of amides is 2. The summed E-state index contributed by atoms with van der Waals surface area (Å²) < 4.78 is 9.51. The van der Waals surface area contributed by atoms with Gasteiger partial charge in [-0.15, -0.1) is 0 Å². The van der Waals surface area contributed by atoms with Crippen LogP contribution in [-0.2, 0) is 28.7 Å². The first-order chi connectivity index (χ1) is 9.99. The zero-order valence-electron chi connectivity index (χ0n) is 12.1. The third-order valence-corrected chi connectivity index (χ3v) is 2.97. The molecule has 0 aromatic rings. The maximum atomic E-state index is 12.1. The minimum absolute atomic E-state index is 0.0874. The maximum Gasteiger partial charge on any atom is 0.340 e. The quantitative estimate of drug-likeness (QED) is 0.487. The molecule has 0 aromatic carbocycles. The minimum Gasteiger partial charge on any atom is -0.464 e. The summed E-state index contributed by atoms with van der Waals surface area (Å²) in [7, 11) is 0. The smallest absolute Gasteiger partial charge is 0.340 e. The van der Waals surface area contributed by atoms with Gasteiger partial charge < -0.3 is 20.1 Å². The molecular formula is C13H20N2O6. The number of rotatable bonds is 6. The van der Waals surface area contributed by atoms with E-state index in [1.54, 1.807) is 13.8 Å². The predicted molar refractivity (Wildman–Crippen MR) is 70.9 cm³/mol. The lowest BCUT2D eigenvalue weighted by atomic mass is 9.98. The summed E-state index contributed by atoms with van der Waals surface area (Å²) in [4.78, 5) is 46.5. The van der Waals surface area contributed by atoms with Gasteiger partial charge in [-0.3, -0.25) is 9.59 Å². The highest BCUT2D eigenvalue weighted by Crippen LogP contribution is 2.11. The van der Waals surface area contributed by atoms with E-state index in [2.05, 4.69) is 10.6 Å². The van der Waals surface area contributed by atoms with E-state index in [1.807, 2.05) is 0 Å². The molecule has 1 heterocycles. The molecule has 1 aliphatic heterocycles. The summed E-state index contributed by atoms with van der Waals surface area (Å²) in [5, 5.41) is 4.89. The fourth-order valence-electron chi connectivity index (χ4n) is 1.88. The fourth-order valence-corrected chi connectivity index (χ4v) is 1.88. The van der Waals surface area contributed by atoms with E-state index in [-0.39, 0.29) is 32.1 Å². The molecule has 1 saturated heterocycles. The molecule has 0 spiro atoms. The fraction of sp³-hybridized carbons (Fsp3) is 0.692. The molecular weight excluding hydrogens is 280 g/mol. The minimum atomic E-state index is -1.48. The number of ether oxygens (including phenoxy) is 2. The summed E-state index contributed by atoms with van der Waals surface area (Å²) in [6.07, 6.45) is 0.609. The van der Waals surface area contributed by atoms with Crippen LogP contribution >= 0.6 is 0 Å². The topological polar surface area (TPSA) is 111 Å². The Hall–Kier alpha value is -2.12. The molecule has 1 rings (SSSR count). The van der Waals surface area contributed by atoms with Crippen molar-refractivity contribution in [1.29, 1.82) is 0 Å². The second-order valence-electron chi connectivity index (χ2n) is 4.49. The molecule has 1 atom stereocenters. The van der Waals surface area contributed by atoms with Gasteiger partial charge in [0.1, 0.15) is 0 Å². The molecule has 1 unspecified atom stereocenters. The first kappa shape index (κ1) is 16.9. The number of hydrogen-bond donors (Lipinski definition) is 2. The lowest BCUT2D eigenvalue weighted by Gasteiger charge is -2.23. The Balaban J connectivity index is 2.66. The van der Waals surface area contributed by atoms with Gasteiger partial charge in [0.2, 0.25) is 17.9 Å². The lowest BCUT2D eigenvalue weighted by Crippen LogP contribution is -2.52. The number of nitrogens with one attached hydrogen (secondary N) is 2. The van der Waals surface area contributed by atoms with Crippen LogP contribution in [0.15, 0.2) is 0 Å². The summed E-state index contributed by atoms with van der Waals surface area (Å²) in [6.45, 7) is 3.55. The normalized spacial score (nSPS) is 17.9. The van der Waals surface area contributed by atoms with E-state index in [0.717, 1.165) is 0 Å². The molecule has 0 aromatic heterocycles. The van der Waals surface area contributed by atoms with Crippen LogP contribution in [0.25, 0.3) is 0 Å². The molecule has 0 bridgehead atoms. The average molecular weight is 300 g/mol. The van der Waals surface area contributed by atoms with Crippen molar-refractivity contribution in [2.45, 2.75) is 32.7 Å². The molecule has 118 valence electrons. The van der Waals surface area contributed by atoms with E-state index < -0.39 is 29.8 Å². The second kappa shape index (κ2) is 8.23. The first-order valence-corrected chi connectivity index (χ1v) is 6.89. The van der Waals surface area contributed by atoms with Crippen molar-refractivity contribution in [2.75, 3.05) is 19.8 Å². The number of carbonyl (C=O) groups is 4. The highest BCUT2D eigenvalue weighted by atomic mass is 16.6. The first-order valence-electron chi connectivity index (χ1n) is 6.89. The molecule has 0 aliphatic carbocycles. The van der Waals surface area contributed by atoms with Crippen molar-refractivity contribution in [2.24, 2.45) is 5.92 Å². The Morgan fingerprint density at radius 2 is 1.81 bits per heavy atom. The van der Waals surface area contributed by atoms with E-state index in [1.165, 1.54) is 0 Å². The van der Waals surface area contributed by atoms with Gasteiger partial charge in [-0.1, -0.05) is 0 Å². The lowest BCUT2D eigenvalue weighted by molar-refractivity contribution is -0.160. The van der Waals surface area contributed by atoms with Crippen molar-refractivity contribution in [3.05, 3.63) is 0 Å². The van der Waals surface area contributed by atoms with Crippen molar-refractivity contribution < 1.29 is 28.7 Å². The average Bonchev–Trinajstić information content (AvgIpc) is 2.45. The summed E-state index contributed by atoms with van der Waals surface area (Å²) in [5.74, 6) is -2.80. The van der Waals surface area contributed by atoms with Gasteiger partial charge in [0.15, 0.2) is 0 Å². The molecule has 8 nitrogen and oxygen atoms in total. The van der Waals surface area contributed by atoms with Gasteiger partial charge in [-0.05, 0) is 20.3 Å². The van der Waals surface area contributed by atoms with Crippen LogP contribution in [0, 0.1) is 5.92 Å². The standard InChI is InChI=1S/C13H20N2O6/c1-3-20-12(18)10(13(19)21-4-2)15-11(17)8-5-6-9(16)14-7-8/h8,10H,3-7H2,1-2H3,(H,14,16)(H,15,17). The number of esters is 2. The molecule has 8 heteroatoms. The molecule has 1 aliphatic rings. The number of hydrogen-bond acceptors (Lipinski definition) is 6. The zero-order chi connectivity index (χ0) is 15.8. The molecule has 2 amide bonds. The van der Waals surface area contributed by atoms with Crippen molar-refractivity contribution >= 4 is 23.8 Å². The van der Waals surface area contributed by atoms with Crippen molar-refractivity contribution in [3.63, 3.8) is 0 Å². The van der Waals surface area contributed by atoms with Crippen molar-refractivity contribution in [1.82, 2.24) is 10.6 Å². The predicted octanol–water partition coefficient (Wildman–Crippen LogP) is -0.876. The third-order valence-electron chi connectivity index (χ3n) is 2.97. The van der Waals surface area contributed by atoms with Gasteiger partial charge in [-0.2, -0.15) is 0 Å². The maximum absolute atomic E-state index is 12.1. The van der Waals surface area contributed by atoms with Crippen LogP contribution in [0.2, 0.25) is 0 Å². The van der Waals surface area contributed by atoms with E-state index in [4.69, 9.17) is 9.47 Å². The highest BCUT2D eigenvalue weighted by Gasteiger charge is 2.34. The largest absolute Gasteiger partial charge is 0.464 e. The van der Waals surface area contributed by atoms with Crippen LogP contribution in [0.1, 0.15) is 26.7 Å². The van der Waals surface area contributed by atoms with Crippen LogP contribution < -0.4 is 10.6 Å². The SMILES string of the molecule is CCOC(=O)C(NC(=O)C1CCC(=O)NC1)C(=O)OCC.